The number of benzene rings is 2. The molecule has 2 N–H and O–H groups in total. The van der Waals surface area contributed by atoms with Gasteiger partial charge in [0, 0.05) is 46.2 Å². The number of aliphatic imine (C=N–C) groups is 1. The number of hydrogen-bond donors (Lipinski definition) is 2. The van der Waals surface area contributed by atoms with Gasteiger partial charge in [-0.3, -0.25) is 14.7 Å². The van der Waals surface area contributed by atoms with Crippen molar-refractivity contribution in [3.8, 4) is 0 Å². The lowest BCUT2D eigenvalue weighted by Crippen LogP contribution is -2.36. The molecule has 2 saturated heterocycles. The van der Waals surface area contributed by atoms with Gasteiger partial charge in [0.25, 0.3) is 0 Å². The Labute approximate surface area is 221 Å². The van der Waals surface area contributed by atoms with Gasteiger partial charge >= 0.3 is 0 Å². The third kappa shape index (κ3) is 7.98. The largest absolute Gasteiger partial charge is 0.352 e. The second-order valence-electron chi connectivity index (χ2n) is 9.17. The number of guanidine groups is 1. The Morgan fingerprint density at radius 2 is 1.50 bits per heavy atom. The highest BCUT2D eigenvalue weighted by atomic mass is 127. The number of likely N-dealkylation sites (tertiary alicyclic amines) is 2. The quantitative estimate of drug-likeness (QED) is 0.281. The van der Waals surface area contributed by atoms with Crippen LogP contribution in [0.1, 0.15) is 54.4 Å². The van der Waals surface area contributed by atoms with Crippen LogP contribution in [0.25, 0.3) is 0 Å². The van der Waals surface area contributed by atoms with E-state index in [1.54, 1.807) is 7.05 Å². The first-order chi connectivity index (χ1) is 16.2. The number of nitrogens with one attached hydrogen (secondary N) is 2. The first kappa shape index (κ1) is 26.5. The molecule has 2 aromatic carbocycles. The molecule has 34 heavy (non-hydrogen) atoms. The Balaban J connectivity index is 0.00000324. The van der Waals surface area contributed by atoms with Crippen LogP contribution < -0.4 is 10.6 Å². The van der Waals surface area contributed by atoms with Gasteiger partial charge in [-0.2, -0.15) is 0 Å². The number of halogens is 1. The van der Waals surface area contributed by atoms with Gasteiger partial charge in [-0.15, -0.1) is 24.0 Å². The predicted molar refractivity (Wildman–Crippen MR) is 149 cm³/mol. The molecule has 0 aliphatic carbocycles. The average Bonchev–Trinajstić information content (AvgIpc) is 3.25. The summed E-state index contributed by atoms with van der Waals surface area (Å²) in [5, 5.41) is 6.81. The molecule has 7 heteroatoms. The molecule has 2 aromatic rings. The van der Waals surface area contributed by atoms with Crippen molar-refractivity contribution < 1.29 is 4.79 Å². The molecule has 2 aliphatic rings. The number of amides is 1. The first-order valence-electron chi connectivity index (χ1n) is 12.3. The Bertz CT molecular complexity index is 940. The van der Waals surface area contributed by atoms with E-state index in [0.29, 0.717) is 19.5 Å². The van der Waals surface area contributed by atoms with Gasteiger partial charge in [-0.25, -0.2) is 0 Å². The van der Waals surface area contributed by atoms with Crippen molar-refractivity contribution in [2.75, 3.05) is 26.7 Å². The highest BCUT2D eigenvalue weighted by Crippen LogP contribution is 2.16. The van der Waals surface area contributed by atoms with Crippen LogP contribution in [0.4, 0.5) is 0 Å². The summed E-state index contributed by atoms with van der Waals surface area (Å²) in [4.78, 5) is 20.8. The zero-order valence-electron chi connectivity index (χ0n) is 20.3. The molecule has 4 rings (SSSR count). The number of carbonyl (C=O) groups excluding carboxylic acids is 1. The minimum Gasteiger partial charge on any atom is -0.352 e. The maximum absolute atomic E-state index is 11.9. The van der Waals surface area contributed by atoms with E-state index in [4.69, 9.17) is 0 Å². The summed E-state index contributed by atoms with van der Waals surface area (Å²) in [5.41, 5.74) is 5.00. The molecular formula is C27H38IN5O. The smallest absolute Gasteiger partial charge is 0.222 e. The molecule has 0 radical (unpaired) electrons. The number of hydrogen-bond acceptors (Lipinski definition) is 3. The van der Waals surface area contributed by atoms with E-state index in [2.05, 4.69) is 69.1 Å². The summed E-state index contributed by atoms with van der Waals surface area (Å²) < 4.78 is 0. The Morgan fingerprint density at radius 1 is 0.824 bits per heavy atom. The fourth-order valence-corrected chi connectivity index (χ4v) is 4.66. The second kappa shape index (κ2) is 13.7. The summed E-state index contributed by atoms with van der Waals surface area (Å²) in [6, 6.07) is 17.4. The van der Waals surface area contributed by atoms with E-state index in [-0.39, 0.29) is 29.9 Å². The SMILES string of the molecule is CN=C(NCc1ccc(CN2CCCCC2)cc1)NCc1cccc(CN2CCCC2=O)c1.I. The Kier molecular flexibility index (Phi) is 10.7. The van der Waals surface area contributed by atoms with Crippen molar-refractivity contribution >= 4 is 35.8 Å². The van der Waals surface area contributed by atoms with Crippen LogP contribution >= 0.6 is 24.0 Å². The number of carbonyl (C=O) groups is 1. The lowest BCUT2D eigenvalue weighted by molar-refractivity contribution is -0.128. The molecule has 2 aliphatic heterocycles. The molecule has 0 aromatic heterocycles. The average molecular weight is 576 g/mol. The maximum atomic E-state index is 11.9. The summed E-state index contributed by atoms with van der Waals surface area (Å²) in [5.74, 6) is 1.05. The molecule has 1 amide bonds. The van der Waals surface area contributed by atoms with Crippen LogP contribution in [-0.4, -0.2) is 48.3 Å². The van der Waals surface area contributed by atoms with Crippen LogP contribution in [-0.2, 0) is 31.0 Å². The third-order valence-corrected chi connectivity index (χ3v) is 6.56. The van der Waals surface area contributed by atoms with Crippen LogP contribution in [0.5, 0.6) is 0 Å². The molecule has 0 atom stereocenters. The zero-order chi connectivity index (χ0) is 22.9. The summed E-state index contributed by atoms with van der Waals surface area (Å²) >= 11 is 0. The molecule has 184 valence electrons. The highest BCUT2D eigenvalue weighted by Gasteiger charge is 2.19. The highest BCUT2D eigenvalue weighted by molar-refractivity contribution is 14.0. The monoisotopic (exact) mass is 575 g/mol. The molecule has 0 spiro atoms. The standard InChI is InChI=1S/C27H37N5O.HI/c1-28-27(29-18-22-10-12-23(13-11-22)20-31-14-3-2-4-15-31)30-19-24-7-5-8-25(17-24)21-32-16-6-9-26(32)33;/h5,7-8,10-13,17H,2-4,6,9,14-16,18-21H2,1H3,(H2,28,29,30);1H. The lowest BCUT2D eigenvalue weighted by Gasteiger charge is -2.26. The molecule has 0 bridgehead atoms. The van der Waals surface area contributed by atoms with Crippen LogP contribution in [0.2, 0.25) is 0 Å². The fraction of sp³-hybridized carbons (Fsp3) is 0.481. The number of nitrogens with zero attached hydrogens (tertiary/aromatic N) is 3. The fourth-order valence-electron chi connectivity index (χ4n) is 4.66. The van der Waals surface area contributed by atoms with E-state index in [1.165, 1.54) is 54.6 Å². The third-order valence-electron chi connectivity index (χ3n) is 6.56. The summed E-state index contributed by atoms with van der Waals surface area (Å²) in [6.07, 6.45) is 5.70. The van der Waals surface area contributed by atoms with Crippen LogP contribution in [0, 0.1) is 0 Å². The van der Waals surface area contributed by atoms with E-state index >= 15 is 0 Å². The summed E-state index contributed by atoms with van der Waals surface area (Å²) in [7, 11) is 1.80. The van der Waals surface area contributed by atoms with Crippen LogP contribution in [0.3, 0.4) is 0 Å². The topological polar surface area (TPSA) is 60.0 Å². The van der Waals surface area contributed by atoms with Crippen molar-refractivity contribution in [2.24, 2.45) is 4.99 Å². The van der Waals surface area contributed by atoms with Gasteiger partial charge in [0.05, 0.1) is 0 Å². The van der Waals surface area contributed by atoms with Crippen LogP contribution in [0.15, 0.2) is 53.5 Å². The van der Waals surface area contributed by atoms with Crippen molar-refractivity contribution in [3.63, 3.8) is 0 Å². The van der Waals surface area contributed by atoms with Gasteiger partial charge in [0.15, 0.2) is 5.96 Å². The molecular weight excluding hydrogens is 537 g/mol. The first-order valence-corrected chi connectivity index (χ1v) is 12.3. The number of rotatable bonds is 8. The van der Waals surface area contributed by atoms with Gasteiger partial charge in [0.1, 0.15) is 0 Å². The second-order valence-corrected chi connectivity index (χ2v) is 9.17. The van der Waals surface area contributed by atoms with Crippen molar-refractivity contribution in [1.82, 2.24) is 20.4 Å². The molecule has 0 unspecified atom stereocenters. The minimum absolute atomic E-state index is 0. The van der Waals surface area contributed by atoms with E-state index in [0.717, 1.165) is 32.0 Å². The minimum atomic E-state index is 0. The Hall–Kier alpha value is -2.13. The molecule has 2 heterocycles. The van der Waals surface area contributed by atoms with Gasteiger partial charge in [-0.05, 0) is 54.6 Å². The van der Waals surface area contributed by atoms with Gasteiger partial charge in [-0.1, -0.05) is 55.0 Å². The van der Waals surface area contributed by atoms with Crippen molar-refractivity contribution in [2.45, 2.75) is 58.3 Å². The maximum Gasteiger partial charge on any atom is 0.222 e. The van der Waals surface area contributed by atoms with Crippen molar-refractivity contribution in [1.29, 1.82) is 0 Å². The normalized spacial score (nSPS) is 16.9. The van der Waals surface area contributed by atoms with E-state index in [9.17, 15) is 4.79 Å². The summed E-state index contributed by atoms with van der Waals surface area (Å²) in [6.45, 7) is 6.51. The lowest BCUT2D eigenvalue weighted by atomic mass is 10.1. The zero-order valence-corrected chi connectivity index (χ0v) is 22.6. The van der Waals surface area contributed by atoms with Gasteiger partial charge in [0.2, 0.25) is 5.91 Å². The van der Waals surface area contributed by atoms with Gasteiger partial charge < -0.3 is 15.5 Å². The molecule has 2 fully saturated rings. The molecule has 6 nitrogen and oxygen atoms in total. The van der Waals surface area contributed by atoms with E-state index in [1.807, 2.05) is 4.90 Å². The Morgan fingerprint density at radius 3 is 2.18 bits per heavy atom. The predicted octanol–water partition coefficient (Wildman–Crippen LogP) is 4.28. The molecule has 0 saturated carbocycles. The number of piperidine rings is 1. The van der Waals surface area contributed by atoms with Crippen molar-refractivity contribution in [3.05, 3.63) is 70.8 Å². The van der Waals surface area contributed by atoms with E-state index < -0.39 is 0 Å².